The highest BCUT2D eigenvalue weighted by atomic mass is 32.2. The maximum atomic E-state index is 4.26. The summed E-state index contributed by atoms with van der Waals surface area (Å²) in [5.41, 5.74) is 2.59. The van der Waals surface area contributed by atoms with E-state index >= 15 is 0 Å². The molecule has 0 amide bonds. The van der Waals surface area contributed by atoms with E-state index in [-0.39, 0.29) is 0 Å². The van der Waals surface area contributed by atoms with E-state index in [1.165, 1.54) is 11.1 Å². The van der Waals surface area contributed by atoms with Gasteiger partial charge in [0.1, 0.15) is 0 Å². The molecule has 0 aliphatic rings. The second-order valence-corrected chi connectivity index (χ2v) is 7.83. The Morgan fingerprint density at radius 2 is 1.86 bits per heavy atom. The molecule has 1 heterocycles. The smallest absolute Gasteiger partial charge is 0.208 e. The Morgan fingerprint density at radius 3 is 2.38 bits per heavy atom. The predicted molar refractivity (Wildman–Crippen MR) is 92.5 cm³/mol. The summed E-state index contributed by atoms with van der Waals surface area (Å²) in [6.45, 7) is 4.34. The molecule has 2 atom stereocenters. The molecular formula is C15H22N4S2. The van der Waals surface area contributed by atoms with Crippen LogP contribution in [0.2, 0.25) is 0 Å². The standard InChI is InChI=1S/C15H22N4S2/c1-10-6-8-12(9-7-10)13(16-3)11(2)20-15-18-17-14(21-15)19(4)5/h6-9,11,13,16H,1-5H3. The summed E-state index contributed by atoms with van der Waals surface area (Å²) in [6.07, 6.45) is 0. The molecule has 6 heteroatoms. The van der Waals surface area contributed by atoms with Crippen LogP contribution >= 0.6 is 23.1 Å². The lowest BCUT2D eigenvalue weighted by Crippen LogP contribution is -2.25. The van der Waals surface area contributed by atoms with Gasteiger partial charge in [0.2, 0.25) is 5.13 Å². The lowest BCUT2D eigenvalue weighted by atomic mass is 10.0. The van der Waals surface area contributed by atoms with Gasteiger partial charge in [0, 0.05) is 25.4 Å². The van der Waals surface area contributed by atoms with E-state index in [2.05, 4.69) is 53.6 Å². The molecule has 114 valence electrons. The van der Waals surface area contributed by atoms with E-state index in [1.54, 1.807) is 23.1 Å². The lowest BCUT2D eigenvalue weighted by Gasteiger charge is -2.22. The Hall–Kier alpha value is -1.11. The topological polar surface area (TPSA) is 41.1 Å². The summed E-state index contributed by atoms with van der Waals surface area (Å²) in [5, 5.41) is 13.2. The largest absolute Gasteiger partial charge is 0.353 e. The molecule has 1 aromatic heterocycles. The van der Waals surface area contributed by atoms with Gasteiger partial charge < -0.3 is 10.2 Å². The number of aryl methyl sites for hydroxylation is 1. The van der Waals surface area contributed by atoms with Crippen LogP contribution < -0.4 is 10.2 Å². The number of benzene rings is 1. The monoisotopic (exact) mass is 322 g/mol. The van der Waals surface area contributed by atoms with Crippen LogP contribution in [0, 0.1) is 6.92 Å². The van der Waals surface area contributed by atoms with E-state index in [0.717, 1.165) is 9.47 Å². The van der Waals surface area contributed by atoms with Crippen molar-refractivity contribution in [3.05, 3.63) is 35.4 Å². The Morgan fingerprint density at radius 1 is 1.19 bits per heavy atom. The number of thioether (sulfide) groups is 1. The van der Waals surface area contributed by atoms with E-state index in [1.807, 2.05) is 26.0 Å². The average Bonchev–Trinajstić information content (AvgIpc) is 2.90. The first-order valence-electron chi connectivity index (χ1n) is 6.92. The molecule has 2 rings (SSSR count). The SMILES string of the molecule is CNC(c1ccc(C)cc1)C(C)Sc1nnc(N(C)C)s1. The van der Waals surface area contributed by atoms with Crippen LogP contribution in [0.15, 0.2) is 28.6 Å². The van der Waals surface area contributed by atoms with Gasteiger partial charge in [-0.25, -0.2) is 0 Å². The zero-order valence-corrected chi connectivity index (χ0v) is 14.8. The number of hydrogen-bond donors (Lipinski definition) is 1. The van der Waals surface area contributed by atoms with Crippen molar-refractivity contribution in [2.75, 3.05) is 26.0 Å². The quantitative estimate of drug-likeness (QED) is 0.826. The molecule has 0 radical (unpaired) electrons. The van der Waals surface area contributed by atoms with Gasteiger partial charge in [-0.05, 0) is 19.5 Å². The molecule has 0 spiro atoms. The van der Waals surface area contributed by atoms with Gasteiger partial charge in [-0.2, -0.15) is 0 Å². The molecule has 1 aromatic carbocycles. The molecule has 0 bridgehead atoms. The summed E-state index contributed by atoms with van der Waals surface area (Å²) in [5.74, 6) is 0. The fourth-order valence-corrected chi connectivity index (χ4v) is 4.31. The molecule has 2 aromatic rings. The van der Waals surface area contributed by atoms with Gasteiger partial charge in [-0.3, -0.25) is 0 Å². The number of aromatic nitrogens is 2. The fraction of sp³-hybridized carbons (Fsp3) is 0.467. The van der Waals surface area contributed by atoms with Crippen LogP contribution in [0.5, 0.6) is 0 Å². The Labute approximate surface area is 135 Å². The normalized spacial score (nSPS) is 14.0. The summed E-state index contributed by atoms with van der Waals surface area (Å²) in [6, 6.07) is 9.00. The molecule has 4 nitrogen and oxygen atoms in total. The van der Waals surface area contributed by atoms with Gasteiger partial charge in [-0.15, -0.1) is 10.2 Å². The Kier molecular flexibility index (Phi) is 5.61. The van der Waals surface area contributed by atoms with Crippen molar-refractivity contribution in [1.82, 2.24) is 15.5 Å². The van der Waals surface area contributed by atoms with Crippen LogP contribution in [0.3, 0.4) is 0 Å². The second kappa shape index (κ2) is 7.24. The van der Waals surface area contributed by atoms with Crippen molar-refractivity contribution in [2.24, 2.45) is 0 Å². The highest BCUT2D eigenvalue weighted by molar-refractivity contribution is 8.01. The van der Waals surface area contributed by atoms with Crippen LogP contribution in [-0.4, -0.2) is 36.6 Å². The molecule has 21 heavy (non-hydrogen) atoms. The molecule has 0 aliphatic carbocycles. The van der Waals surface area contributed by atoms with E-state index in [0.29, 0.717) is 11.3 Å². The number of nitrogens with zero attached hydrogens (tertiary/aromatic N) is 3. The predicted octanol–water partition coefficient (Wildman–Crippen LogP) is 3.35. The fourth-order valence-electron chi connectivity index (χ4n) is 2.10. The van der Waals surface area contributed by atoms with Crippen molar-refractivity contribution >= 4 is 28.2 Å². The highest BCUT2D eigenvalue weighted by Crippen LogP contribution is 2.35. The third-order valence-electron chi connectivity index (χ3n) is 3.28. The Bertz CT molecular complexity index is 565. The molecular weight excluding hydrogens is 300 g/mol. The first-order chi connectivity index (χ1) is 10.0. The summed E-state index contributed by atoms with van der Waals surface area (Å²) < 4.78 is 1.01. The van der Waals surface area contributed by atoms with Crippen LogP contribution in [-0.2, 0) is 0 Å². The maximum absolute atomic E-state index is 4.26. The minimum absolute atomic E-state index is 0.294. The molecule has 0 saturated carbocycles. The minimum atomic E-state index is 0.294. The van der Waals surface area contributed by atoms with Crippen molar-refractivity contribution in [2.45, 2.75) is 29.5 Å². The van der Waals surface area contributed by atoms with Gasteiger partial charge >= 0.3 is 0 Å². The van der Waals surface area contributed by atoms with Crippen molar-refractivity contribution in [3.63, 3.8) is 0 Å². The van der Waals surface area contributed by atoms with Crippen molar-refractivity contribution in [3.8, 4) is 0 Å². The van der Waals surface area contributed by atoms with Crippen LogP contribution in [0.4, 0.5) is 5.13 Å². The van der Waals surface area contributed by atoms with Crippen molar-refractivity contribution in [1.29, 1.82) is 0 Å². The number of hydrogen-bond acceptors (Lipinski definition) is 6. The lowest BCUT2D eigenvalue weighted by molar-refractivity contribution is 0.589. The van der Waals surface area contributed by atoms with Gasteiger partial charge in [0.25, 0.3) is 0 Å². The first kappa shape index (κ1) is 16.3. The second-order valence-electron chi connectivity index (χ2n) is 5.24. The zero-order valence-electron chi connectivity index (χ0n) is 13.1. The number of anilines is 1. The summed E-state index contributed by atoms with van der Waals surface area (Å²) in [7, 11) is 5.98. The van der Waals surface area contributed by atoms with E-state index < -0.39 is 0 Å². The third kappa shape index (κ3) is 4.18. The zero-order chi connectivity index (χ0) is 15.4. The third-order valence-corrected chi connectivity index (χ3v) is 5.63. The highest BCUT2D eigenvalue weighted by Gasteiger charge is 2.20. The molecule has 0 fully saturated rings. The van der Waals surface area contributed by atoms with Crippen LogP contribution in [0.25, 0.3) is 0 Å². The Balaban J connectivity index is 2.08. The number of nitrogens with one attached hydrogen (secondary N) is 1. The van der Waals surface area contributed by atoms with Gasteiger partial charge in [0.15, 0.2) is 4.34 Å². The first-order valence-corrected chi connectivity index (χ1v) is 8.62. The van der Waals surface area contributed by atoms with E-state index in [9.17, 15) is 0 Å². The maximum Gasteiger partial charge on any atom is 0.208 e. The molecule has 0 aliphatic heterocycles. The van der Waals surface area contributed by atoms with Gasteiger partial charge in [-0.1, -0.05) is 59.9 Å². The molecule has 2 unspecified atom stereocenters. The van der Waals surface area contributed by atoms with Crippen LogP contribution in [0.1, 0.15) is 24.1 Å². The van der Waals surface area contributed by atoms with E-state index in [4.69, 9.17) is 0 Å². The average molecular weight is 323 g/mol. The molecule has 0 saturated heterocycles. The number of rotatable bonds is 6. The summed E-state index contributed by atoms with van der Waals surface area (Å²) >= 11 is 3.40. The summed E-state index contributed by atoms with van der Waals surface area (Å²) in [4.78, 5) is 1.99. The van der Waals surface area contributed by atoms with Gasteiger partial charge in [0.05, 0.1) is 0 Å². The minimum Gasteiger partial charge on any atom is -0.353 e. The van der Waals surface area contributed by atoms with Crippen molar-refractivity contribution < 1.29 is 0 Å². The molecule has 1 N–H and O–H groups in total.